The Kier molecular flexibility index (Phi) is 4.23. The first kappa shape index (κ1) is 15.8. The lowest BCUT2D eigenvalue weighted by atomic mass is 9.84. The van der Waals surface area contributed by atoms with Gasteiger partial charge in [-0.05, 0) is 45.4 Å². The maximum Gasteiger partial charge on any atom is 0.254 e. The summed E-state index contributed by atoms with van der Waals surface area (Å²) in [5.74, 6) is -1.06. The number of amides is 2. The predicted octanol–water partition coefficient (Wildman–Crippen LogP) is 2.61. The summed E-state index contributed by atoms with van der Waals surface area (Å²) >= 11 is 5.70. The molecule has 1 aromatic carbocycles. The van der Waals surface area contributed by atoms with Crippen LogP contribution in [0.4, 0.5) is 4.39 Å². The van der Waals surface area contributed by atoms with E-state index in [1.165, 1.54) is 17.0 Å². The van der Waals surface area contributed by atoms with Gasteiger partial charge in [0.05, 0.1) is 5.02 Å². The van der Waals surface area contributed by atoms with Gasteiger partial charge in [0.15, 0.2) is 0 Å². The van der Waals surface area contributed by atoms with Gasteiger partial charge >= 0.3 is 0 Å². The van der Waals surface area contributed by atoms with E-state index in [2.05, 4.69) is 5.32 Å². The third-order valence-corrected chi connectivity index (χ3v) is 4.03. The summed E-state index contributed by atoms with van der Waals surface area (Å²) in [4.78, 5) is 26.2. The van der Waals surface area contributed by atoms with Gasteiger partial charge in [0, 0.05) is 18.2 Å². The number of rotatable bonds is 3. The maximum absolute atomic E-state index is 13.2. The summed E-state index contributed by atoms with van der Waals surface area (Å²) in [7, 11) is 0. The van der Waals surface area contributed by atoms with Gasteiger partial charge < -0.3 is 10.2 Å². The fourth-order valence-corrected chi connectivity index (χ4v) is 2.50. The highest BCUT2D eigenvalue weighted by atomic mass is 35.5. The average Bonchev–Trinajstić information content (AvgIpc) is 2.38. The molecule has 1 heterocycles. The molecule has 1 atom stereocenters. The minimum atomic E-state index is -0.859. The Morgan fingerprint density at radius 2 is 2.10 bits per heavy atom. The van der Waals surface area contributed by atoms with Crippen LogP contribution in [0, 0.1) is 5.82 Å². The Hall–Kier alpha value is -1.62. The minimum Gasteiger partial charge on any atom is -0.352 e. The van der Waals surface area contributed by atoms with Crippen LogP contribution in [0.25, 0.3) is 0 Å². The van der Waals surface area contributed by atoms with Crippen LogP contribution >= 0.6 is 11.6 Å². The first-order valence-corrected chi connectivity index (χ1v) is 7.21. The van der Waals surface area contributed by atoms with Crippen molar-refractivity contribution in [3.8, 4) is 0 Å². The number of nitrogens with zero attached hydrogens (tertiary/aromatic N) is 1. The Labute approximate surface area is 128 Å². The van der Waals surface area contributed by atoms with Gasteiger partial charge in [0.2, 0.25) is 5.91 Å². The van der Waals surface area contributed by atoms with Crippen molar-refractivity contribution in [3.63, 3.8) is 0 Å². The number of hydrogen-bond donors (Lipinski definition) is 1. The lowest BCUT2D eigenvalue weighted by molar-refractivity contribution is -0.138. The van der Waals surface area contributed by atoms with Gasteiger partial charge in [-0.1, -0.05) is 11.6 Å². The third-order valence-electron chi connectivity index (χ3n) is 3.74. The van der Waals surface area contributed by atoms with E-state index in [0.29, 0.717) is 13.0 Å². The largest absolute Gasteiger partial charge is 0.352 e. The summed E-state index contributed by atoms with van der Waals surface area (Å²) in [6, 6.07) is 3.83. The number of hydrogen-bond acceptors (Lipinski definition) is 2. The Morgan fingerprint density at radius 1 is 1.43 bits per heavy atom. The molecule has 0 spiro atoms. The molecule has 0 bridgehead atoms. The number of carbonyl (C=O) groups excluding carboxylic acids is 2. The Bertz CT molecular complexity index is 591. The van der Waals surface area contributed by atoms with E-state index < -0.39 is 11.4 Å². The first-order chi connectivity index (χ1) is 9.75. The molecule has 0 radical (unpaired) electrons. The van der Waals surface area contributed by atoms with Gasteiger partial charge in [0.1, 0.15) is 11.4 Å². The van der Waals surface area contributed by atoms with Crippen LogP contribution in [0.3, 0.4) is 0 Å². The highest BCUT2D eigenvalue weighted by Gasteiger charge is 2.49. The van der Waals surface area contributed by atoms with Crippen LogP contribution in [0.2, 0.25) is 5.02 Å². The average molecular weight is 313 g/mol. The summed E-state index contributed by atoms with van der Waals surface area (Å²) in [6.45, 7) is 5.96. The van der Waals surface area contributed by atoms with Crippen molar-refractivity contribution in [1.29, 1.82) is 0 Å². The van der Waals surface area contributed by atoms with Crippen molar-refractivity contribution in [3.05, 3.63) is 34.6 Å². The van der Waals surface area contributed by atoms with E-state index in [-0.39, 0.29) is 28.4 Å². The number of carbonyl (C=O) groups is 2. The molecule has 1 aromatic rings. The van der Waals surface area contributed by atoms with Crippen molar-refractivity contribution in [1.82, 2.24) is 10.2 Å². The highest BCUT2D eigenvalue weighted by molar-refractivity contribution is 6.31. The van der Waals surface area contributed by atoms with Crippen LogP contribution in [0.15, 0.2) is 18.2 Å². The van der Waals surface area contributed by atoms with E-state index in [9.17, 15) is 14.0 Å². The molecule has 4 nitrogen and oxygen atoms in total. The molecule has 21 heavy (non-hydrogen) atoms. The van der Waals surface area contributed by atoms with Crippen molar-refractivity contribution in [2.45, 2.75) is 38.8 Å². The van der Waals surface area contributed by atoms with Crippen LogP contribution < -0.4 is 5.32 Å². The van der Waals surface area contributed by atoms with Gasteiger partial charge in [-0.3, -0.25) is 9.59 Å². The molecule has 1 aliphatic rings. The molecule has 1 aliphatic heterocycles. The molecule has 114 valence electrons. The van der Waals surface area contributed by atoms with Crippen LogP contribution in [0.5, 0.6) is 0 Å². The topological polar surface area (TPSA) is 49.4 Å². The molecule has 1 fully saturated rings. The summed E-state index contributed by atoms with van der Waals surface area (Å²) in [5.41, 5.74) is -0.577. The van der Waals surface area contributed by atoms with Gasteiger partial charge in [-0.25, -0.2) is 4.39 Å². The fourth-order valence-electron chi connectivity index (χ4n) is 2.32. The van der Waals surface area contributed by atoms with E-state index in [4.69, 9.17) is 11.6 Å². The number of halogens is 2. The van der Waals surface area contributed by atoms with Gasteiger partial charge in [-0.2, -0.15) is 0 Å². The molecular weight excluding hydrogens is 295 g/mol. The molecule has 1 unspecified atom stereocenters. The number of benzene rings is 1. The molecule has 1 N–H and O–H groups in total. The summed E-state index contributed by atoms with van der Waals surface area (Å²) in [5, 5.41) is 2.72. The lowest BCUT2D eigenvalue weighted by Gasteiger charge is -2.49. The first-order valence-electron chi connectivity index (χ1n) is 6.83. The van der Waals surface area contributed by atoms with Crippen LogP contribution in [0.1, 0.15) is 37.6 Å². The molecule has 0 aromatic heterocycles. The molecule has 2 amide bonds. The number of nitrogens with one attached hydrogen (secondary N) is 1. The fraction of sp³-hybridized carbons (Fsp3) is 0.467. The standard InChI is InChI=1S/C15H18ClFN2O2/c1-9(2)18-14(21)15(3)6-7-19(15)13(20)10-4-5-12(17)11(16)8-10/h4-5,8-9H,6-7H2,1-3H3,(H,18,21). The van der Waals surface area contributed by atoms with Crippen molar-refractivity contribution in [2.75, 3.05) is 6.54 Å². The van der Waals surface area contributed by atoms with Crippen LogP contribution in [-0.4, -0.2) is 34.8 Å². The van der Waals surface area contributed by atoms with E-state index in [0.717, 1.165) is 6.07 Å². The molecular formula is C15H18ClFN2O2. The second-order valence-electron chi connectivity index (χ2n) is 5.74. The van der Waals surface area contributed by atoms with Gasteiger partial charge in [0.25, 0.3) is 5.91 Å². The zero-order valence-corrected chi connectivity index (χ0v) is 13.0. The van der Waals surface area contributed by atoms with E-state index >= 15 is 0 Å². The monoisotopic (exact) mass is 312 g/mol. The Morgan fingerprint density at radius 3 is 2.57 bits per heavy atom. The molecule has 0 aliphatic carbocycles. The minimum absolute atomic E-state index is 0.00661. The molecule has 0 saturated carbocycles. The SMILES string of the molecule is CC(C)NC(=O)C1(C)CCN1C(=O)c1ccc(F)c(Cl)c1. The van der Waals surface area contributed by atoms with Gasteiger partial charge in [-0.15, -0.1) is 0 Å². The second kappa shape index (κ2) is 5.64. The summed E-state index contributed by atoms with van der Waals surface area (Å²) in [6.07, 6.45) is 0.603. The molecule has 6 heteroatoms. The molecule has 2 rings (SSSR count). The van der Waals surface area contributed by atoms with E-state index in [1.54, 1.807) is 6.92 Å². The highest BCUT2D eigenvalue weighted by Crippen LogP contribution is 2.32. The smallest absolute Gasteiger partial charge is 0.254 e. The maximum atomic E-state index is 13.2. The predicted molar refractivity (Wildman–Crippen MR) is 78.7 cm³/mol. The summed E-state index contributed by atoms with van der Waals surface area (Å²) < 4.78 is 13.2. The van der Waals surface area contributed by atoms with Crippen molar-refractivity contribution >= 4 is 23.4 Å². The Balaban J connectivity index is 2.19. The van der Waals surface area contributed by atoms with Crippen molar-refractivity contribution < 1.29 is 14.0 Å². The third kappa shape index (κ3) is 2.88. The zero-order chi connectivity index (χ0) is 15.8. The van der Waals surface area contributed by atoms with Crippen molar-refractivity contribution in [2.24, 2.45) is 0 Å². The normalized spacial score (nSPS) is 21.1. The zero-order valence-electron chi connectivity index (χ0n) is 12.2. The van der Waals surface area contributed by atoms with Crippen LogP contribution in [-0.2, 0) is 4.79 Å². The lowest BCUT2D eigenvalue weighted by Crippen LogP contribution is -2.67. The molecule has 1 saturated heterocycles. The quantitative estimate of drug-likeness (QED) is 0.932. The van der Waals surface area contributed by atoms with E-state index in [1.807, 2.05) is 13.8 Å². The second-order valence-corrected chi connectivity index (χ2v) is 6.14. The number of likely N-dealkylation sites (tertiary alicyclic amines) is 1.